The Balaban J connectivity index is 1.82. The van der Waals surface area contributed by atoms with E-state index in [1.54, 1.807) is 0 Å². The molecule has 0 spiro atoms. The minimum Gasteiger partial charge on any atom is -0.491 e. The van der Waals surface area contributed by atoms with Crippen LogP contribution in [0.4, 0.5) is 4.39 Å². The van der Waals surface area contributed by atoms with Gasteiger partial charge in [0.2, 0.25) is 0 Å². The Morgan fingerprint density at radius 2 is 1.88 bits per heavy atom. The molecule has 0 saturated heterocycles. The minimum atomic E-state index is -0.720. The summed E-state index contributed by atoms with van der Waals surface area (Å²) in [6.07, 6.45) is -0.720. The van der Waals surface area contributed by atoms with Gasteiger partial charge in [0, 0.05) is 13.1 Å². The number of guanidine groups is 1. The van der Waals surface area contributed by atoms with Crippen molar-refractivity contribution in [3.05, 3.63) is 65.5 Å². The third-order valence-corrected chi connectivity index (χ3v) is 3.77. The number of rotatable bonds is 8. The van der Waals surface area contributed by atoms with Gasteiger partial charge in [0.25, 0.3) is 0 Å². The first-order valence-electron chi connectivity index (χ1n) is 8.71. The molecule has 6 heteroatoms. The second kappa shape index (κ2) is 10.4. The topological polar surface area (TPSA) is 65.9 Å². The van der Waals surface area contributed by atoms with Gasteiger partial charge in [-0.1, -0.05) is 24.3 Å². The average Bonchev–Trinajstić information content (AvgIpc) is 2.64. The van der Waals surface area contributed by atoms with Gasteiger partial charge in [0.05, 0.1) is 6.54 Å². The van der Waals surface area contributed by atoms with Crippen LogP contribution in [0.15, 0.2) is 53.5 Å². The zero-order chi connectivity index (χ0) is 18.8. The maximum atomic E-state index is 12.9. The lowest BCUT2D eigenvalue weighted by molar-refractivity contribution is 0.110. The summed E-state index contributed by atoms with van der Waals surface area (Å²) < 4.78 is 18.3. The zero-order valence-corrected chi connectivity index (χ0v) is 15.2. The number of aryl methyl sites for hydroxylation is 1. The summed E-state index contributed by atoms with van der Waals surface area (Å²) in [4.78, 5) is 4.55. The predicted octanol–water partition coefficient (Wildman–Crippen LogP) is 2.63. The molecule has 26 heavy (non-hydrogen) atoms. The van der Waals surface area contributed by atoms with E-state index in [1.165, 1.54) is 29.8 Å². The molecule has 0 amide bonds. The Bertz CT molecular complexity index is 704. The van der Waals surface area contributed by atoms with Crippen molar-refractivity contribution in [3.63, 3.8) is 0 Å². The van der Waals surface area contributed by atoms with Gasteiger partial charge in [-0.25, -0.2) is 9.38 Å². The first-order valence-corrected chi connectivity index (χ1v) is 8.71. The molecule has 5 nitrogen and oxygen atoms in total. The van der Waals surface area contributed by atoms with Gasteiger partial charge in [0.1, 0.15) is 24.3 Å². The predicted molar refractivity (Wildman–Crippen MR) is 102 cm³/mol. The van der Waals surface area contributed by atoms with Gasteiger partial charge < -0.3 is 20.5 Å². The molecule has 0 heterocycles. The highest BCUT2D eigenvalue weighted by Gasteiger charge is 2.07. The molecule has 0 bridgehead atoms. The third-order valence-electron chi connectivity index (χ3n) is 3.77. The number of hydrogen-bond acceptors (Lipinski definition) is 3. The number of benzene rings is 2. The van der Waals surface area contributed by atoms with E-state index in [2.05, 4.69) is 28.6 Å². The summed E-state index contributed by atoms with van der Waals surface area (Å²) in [5, 5.41) is 16.3. The fourth-order valence-corrected chi connectivity index (χ4v) is 2.29. The van der Waals surface area contributed by atoms with Crippen molar-refractivity contribution in [2.75, 3.05) is 19.7 Å². The highest BCUT2D eigenvalue weighted by Crippen LogP contribution is 2.11. The van der Waals surface area contributed by atoms with Crippen molar-refractivity contribution in [1.29, 1.82) is 0 Å². The van der Waals surface area contributed by atoms with Crippen LogP contribution in [0.5, 0.6) is 5.75 Å². The quantitative estimate of drug-likeness (QED) is 0.501. The molecule has 0 aliphatic carbocycles. The van der Waals surface area contributed by atoms with E-state index >= 15 is 0 Å². The fourth-order valence-electron chi connectivity index (χ4n) is 2.29. The zero-order valence-electron chi connectivity index (χ0n) is 15.2. The molecule has 0 aromatic heterocycles. The number of ether oxygens (including phenoxy) is 1. The molecule has 2 aromatic carbocycles. The second-order valence-electron chi connectivity index (χ2n) is 5.92. The molecule has 0 aliphatic rings. The molecule has 0 saturated carbocycles. The minimum absolute atomic E-state index is 0.107. The van der Waals surface area contributed by atoms with Gasteiger partial charge in [-0.2, -0.15) is 0 Å². The number of nitrogens with one attached hydrogen (secondary N) is 2. The first kappa shape index (κ1) is 19.7. The van der Waals surface area contributed by atoms with E-state index in [0.29, 0.717) is 24.8 Å². The summed E-state index contributed by atoms with van der Waals surface area (Å²) in [5.74, 6) is 0.835. The fraction of sp³-hybridized carbons (Fsp3) is 0.350. The van der Waals surface area contributed by atoms with Crippen molar-refractivity contribution < 1.29 is 14.2 Å². The van der Waals surface area contributed by atoms with Gasteiger partial charge in [-0.05, 0) is 49.2 Å². The maximum Gasteiger partial charge on any atom is 0.191 e. The third kappa shape index (κ3) is 6.72. The smallest absolute Gasteiger partial charge is 0.191 e. The molecule has 3 N–H and O–H groups in total. The van der Waals surface area contributed by atoms with E-state index in [-0.39, 0.29) is 12.4 Å². The Labute approximate surface area is 153 Å². The first-order chi connectivity index (χ1) is 12.6. The molecule has 0 aliphatic heterocycles. The monoisotopic (exact) mass is 359 g/mol. The lowest BCUT2D eigenvalue weighted by Crippen LogP contribution is -2.42. The Kier molecular flexibility index (Phi) is 7.89. The van der Waals surface area contributed by atoms with Crippen LogP contribution in [0, 0.1) is 12.7 Å². The van der Waals surface area contributed by atoms with Gasteiger partial charge in [-0.15, -0.1) is 0 Å². The average molecular weight is 359 g/mol. The van der Waals surface area contributed by atoms with Crippen LogP contribution in [0.1, 0.15) is 18.1 Å². The van der Waals surface area contributed by atoms with Crippen molar-refractivity contribution >= 4 is 5.96 Å². The highest BCUT2D eigenvalue weighted by atomic mass is 19.1. The summed E-state index contributed by atoms with van der Waals surface area (Å²) >= 11 is 0. The number of nitrogens with zero attached hydrogens (tertiary/aromatic N) is 1. The van der Waals surface area contributed by atoms with Gasteiger partial charge in [0.15, 0.2) is 5.96 Å². The van der Waals surface area contributed by atoms with E-state index in [1.807, 2.05) is 25.1 Å². The molecule has 2 aromatic rings. The summed E-state index contributed by atoms with van der Waals surface area (Å²) in [7, 11) is 0. The number of aliphatic hydroxyl groups excluding tert-OH is 1. The molecular formula is C20H26FN3O2. The molecule has 1 atom stereocenters. The normalized spacial score (nSPS) is 12.5. The molecular weight excluding hydrogens is 333 g/mol. The van der Waals surface area contributed by atoms with Crippen molar-refractivity contribution in [3.8, 4) is 5.75 Å². The van der Waals surface area contributed by atoms with E-state index in [9.17, 15) is 9.50 Å². The SMILES string of the molecule is CCNC(=NCc1ccccc1C)NCC(O)COc1ccc(F)cc1. The van der Waals surface area contributed by atoms with Crippen molar-refractivity contribution in [2.45, 2.75) is 26.5 Å². The lowest BCUT2D eigenvalue weighted by Gasteiger charge is -2.16. The lowest BCUT2D eigenvalue weighted by atomic mass is 10.1. The Morgan fingerprint density at radius 3 is 2.58 bits per heavy atom. The largest absolute Gasteiger partial charge is 0.491 e. The van der Waals surface area contributed by atoms with E-state index in [4.69, 9.17) is 4.74 Å². The number of aliphatic hydroxyl groups is 1. The molecule has 1 unspecified atom stereocenters. The Morgan fingerprint density at radius 1 is 1.15 bits per heavy atom. The summed E-state index contributed by atoms with van der Waals surface area (Å²) in [6.45, 7) is 5.73. The highest BCUT2D eigenvalue weighted by molar-refractivity contribution is 5.79. The molecule has 0 radical (unpaired) electrons. The number of halogens is 1. The van der Waals surface area contributed by atoms with Crippen LogP contribution < -0.4 is 15.4 Å². The molecule has 140 valence electrons. The maximum absolute atomic E-state index is 12.9. The number of aliphatic imine (C=N–C) groups is 1. The molecule has 0 fully saturated rings. The second-order valence-corrected chi connectivity index (χ2v) is 5.92. The van der Waals surface area contributed by atoms with Crippen LogP contribution in [-0.4, -0.2) is 36.9 Å². The molecule has 2 rings (SSSR count). The summed E-state index contributed by atoms with van der Waals surface area (Å²) in [5.41, 5.74) is 2.35. The standard InChI is InChI=1S/C20H26FN3O2/c1-3-22-20(23-12-16-7-5-4-6-15(16)2)24-13-18(25)14-26-19-10-8-17(21)9-11-19/h4-11,18,25H,3,12-14H2,1-2H3,(H2,22,23,24). The van der Waals surface area contributed by atoms with Crippen LogP contribution in [0.25, 0.3) is 0 Å². The summed E-state index contributed by atoms with van der Waals surface area (Å²) in [6, 6.07) is 13.8. The number of hydrogen-bond donors (Lipinski definition) is 3. The van der Waals surface area contributed by atoms with E-state index in [0.717, 1.165) is 12.1 Å². The van der Waals surface area contributed by atoms with Crippen LogP contribution >= 0.6 is 0 Å². The van der Waals surface area contributed by atoms with Crippen LogP contribution in [0.2, 0.25) is 0 Å². The van der Waals surface area contributed by atoms with Crippen LogP contribution in [-0.2, 0) is 6.54 Å². The van der Waals surface area contributed by atoms with Crippen molar-refractivity contribution in [1.82, 2.24) is 10.6 Å². The van der Waals surface area contributed by atoms with E-state index < -0.39 is 6.10 Å². The Hall–Kier alpha value is -2.60. The van der Waals surface area contributed by atoms with Crippen molar-refractivity contribution in [2.24, 2.45) is 4.99 Å². The van der Waals surface area contributed by atoms with Crippen LogP contribution in [0.3, 0.4) is 0 Å². The van der Waals surface area contributed by atoms with Gasteiger partial charge in [-0.3, -0.25) is 0 Å². The van der Waals surface area contributed by atoms with Gasteiger partial charge >= 0.3 is 0 Å².